The maximum absolute atomic E-state index is 13.2. The number of benzene rings is 1. The van der Waals surface area contributed by atoms with Crippen molar-refractivity contribution in [2.24, 2.45) is 5.14 Å². The van der Waals surface area contributed by atoms with E-state index in [2.05, 4.69) is 9.97 Å². The van der Waals surface area contributed by atoms with E-state index < -0.39 is 26.8 Å². The van der Waals surface area contributed by atoms with Crippen LogP contribution in [0.1, 0.15) is 11.4 Å². The first-order chi connectivity index (χ1) is 12.1. The molecule has 0 radical (unpaired) electrons. The van der Waals surface area contributed by atoms with Crippen molar-refractivity contribution in [1.82, 2.24) is 14.5 Å². The molecule has 2 aromatic heterocycles. The van der Waals surface area contributed by atoms with E-state index in [1.165, 1.54) is 12.1 Å². The Morgan fingerprint density at radius 2 is 1.69 bits per heavy atom. The second-order valence-electron chi connectivity index (χ2n) is 5.50. The zero-order valence-electron chi connectivity index (χ0n) is 13.4. The summed E-state index contributed by atoms with van der Waals surface area (Å²) in [6.07, 6.45) is -3.91. The number of nitrogens with two attached hydrogens (primary N) is 1. The summed E-state index contributed by atoms with van der Waals surface area (Å²) in [5.41, 5.74) is -0.635. The number of halogens is 3. The number of nitrogens with zero attached hydrogens (tertiary/aromatic N) is 3. The summed E-state index contributed by atoms with van der Waals surface area (Å²) < 4.78 is 64.4. The van der Waals surface area contributed by atoms with Crippen LogP contribution >= 0.6 is 0 Å². The van der Waals surface area contributed by atoms with E-state index in [1.807, 2.05) is 0 Å². The second kappa shape index (κ2) is 6.22. The number of rotatable bonds is 3. The summed E-state index contributed by atoms with van der Waals surface area (Å²) in [4.78, 5) is 7.28. The van der Waals surface area contributed by atoms with Crippen LogP contribution in [0.15, 0.2) is 53.6 Å². The standard InChI is InChI=1S/C16H13F3N4O2S/c1-10-7-8-12(26(20,24)25)14(21-10)15-22-13(16(17,18)19)9-23(15)11-5-3-2-4-6-11/h2-9H,1H3,(H2,20,24,25). The number of aromatic nitrogens is 3. The van der Waals surface area contributed by atoms with E-state index >= 15 is 0 Å². The van der Waals surface area contributed by atoms with E-state index in [1.54, 1.807) is 37.3 Å². The van der Waals surface area contributed by atoms with Crippen LogP contribution in [-0.2, 0) is 16.2 Å². The van der Waals surface area contributed by atoms with Crippen molar-refractivity contribution in [1.29, 1.82) is 0 Å². The molecule has 3 rings (SSSR count). The average Bonchev–Trinajstić information content (AvgIpc) is 3.00. The molecule has 0 aliphatic heterocycles. The first-order valence-corrected chi connectivity index (χ1v) is 8.85. The van der Waals surface area contributed by atoms with E-state index in [-0.39, 0.29) is 11.5 Å². The van der Waals surface area contributed by atoms with Crippen molar-refractivity contribution >= 4 is 10.0 Å². The van der Waals surface area contributed by atoms with Gasteiger partial charge in [0.25, 0.3) is 0 Å². The van der Waals surface area contributed by atoms with Crippen LogP contribution in [0.4, 0.5) is 13.2 Å². The minimum absolute atomic E-state index is 0.244. The number of hydrogen-bond acceptors (Lipinski definition) is 4. The molecule has 0 aliphatic rings. The Labute approximate surface area is 147 Å². The fourth-order valence-electron chi connectivity index (χ4n) is 2.40. The highest BCUT2D eigenvalue weighted by molar-refractivity contribution is 7.89. The van der Waals surface area contributed by atoms with Crippen LogP contribution < -0.4 is 5.14 Å². The molecule has 10 heteroatoms. The van der Waals surface area contributed by atoms with Gasteiger partial charge in [-0.15, -0.1) is 0 Å². The smallest absolute Gasteiger partial charge is 0.298 e. The molecule has 2 N–H and O–H groups in total. The molecule has 0 fully saturated rings. The minimum Gasteiger partial charge on any atom is -0.298 e. The second-order valence-corrected chi connectivity index (χ2v) is 7.03. The largest absolute Gasteiger partial charge is 0.434 e. The highest BCUT2D eigenvalue weighted by Crippen LogP contribution is 2.33. The van der Waals surface area contributed by atoms with Crippen LogP contribution in [0.5, 0.6) is 0 Å². The molecule has 0 amide bonds. The van der Waals surface area contributed by atoms with Crippen LogP contribution in [0, 0.1) is 6.92 Å². The third kappa shape index (κ3) is 3.46. The highest BCUT2D eigenvalue weighted by Gasteiger charge is 2.36. The summed E-state index contributed by atoms with van der Waals surface area (Å²) in [6, 6.07) is 10.7. The molecule has 26 heavy (non-hydrogen) atoms. The number of aryl methyl sites for hydroxylation is 1. The zero-order valence-corrected chi connectivity index (χ0v) is 14.2. The maximum atomic E-state index is 13.2. The number of para-hydroxylation sites is 1. The Kier molecular flexibility index (Phi) is 4.32. The van der Waals surface area contributed by atoms with Crippen molar-refractivity contribution < 1.29 is 21.6 Å². The number of sulfonamides is 1. The Balaban J connectivity index is 2.36. The number of pyridine rings is 1. The van der Waals surface area contributed by atoms with E-state index in [0.717, 1.165) is 10.8 Å². The van der Waals surface area contributed by atoms with Gasteiger partial charge in [-0.1, -0.05) is 18.2 Å². The van der Waals surface area contributed by atoms with Gasteiger partial charge in [0.1, 0.15) is 10.6 Å². The third-order valence-electron chi connectivity index (χ3n) is 3.55. The Hall–Kier alpha value is -2.72. The maximum Gasteiger partial charge on any atom is 0.434 e. The van der Waals surface area contributed by atoms with Gasteiger partial charge in [-0.25, -0.2) is 23.5 Å². The topological polar surface area (TPSA) is 90.9 Å². The Morgan fingerprint density at radius 1 is 1.04 bits per heavy atom. The summed E-state index contributed by atoms with van der Waals surface area (Å²) >= 11 is 0. The third-order valence-corrected chi connectivity index (χ3v) is 4.49. The molecule has 0 unspecified atom stereocenters. The van der Waals surface area contributed by atoms with Gasteiger partial charge in [0.05, 0.1) is 0 Å². The molecule has 3 aromatic rings. The summed E-state index contributed by atoms with van der Waals surface area (Å²) in [5.74, 6) is -0.267. The van der Waals surface area contributed by atoms with Gasteiger partial charge in [0.2, 0.25) is 10.0 Å². The van der Waals surface area contributed by atoms with Gasteiger partial charge in [0, 0.05) is 17.6 Å². The number of alkyl halides is 3. The van der Waals surface area contributed by atoms with Crippen molar-refractivity contribution in [2.75, 3.05) is 0 Å². The molecule has 2 heterocycles. The van der Waals surface area contributed by atoms with Crippen LogP contribution in [0.3, 0.4) is 0 Å². The van der Waals surface area contributed by atoms with Crippen LogP contribution in [0.25, 0.3) is 17.2 Å². The lowest BCUT2D eigenvalue weighted by atomic mass is 10.2. The van der Waals surface area contributed by atoms with Crippen LogP contribution in [0.2, 0.25) is 0 Å². The predicted molar refractivity (Wildman–Crippen MR) is 87.9 cm³/mol. The molecule has 0 atom stereocenters. The number of hydrogen-bond donors (Lipinski definition) is 1. The van der Waals surface area contributed by atoms with E-state index in [0.29, 0.717) is 11.4 Å². The van der Waals surface area contributed by atoms with Crippen molar-refractivity contribution in [3.05, 3.63) is 60.0 Å². The SMILES string of the molecule is Cc1ccc(S(N)(=O)=O)c(-c2nc(C(F)(F)F)cn2-c2ccccc2)n1. The summed E-state index contributed by atoms with van der Waals surface area (Å²) in [6.45, 7) is 1.58. The first-order valence-electron chi connectivity index (χ1n) is 7.30. The molecule has 0 bridgehead atoms. The van der Waals surface area contributed by atoms with Crippen molar-refractivity contribution in [3.63, 3.8) is 0 Å². The summed E-state index contributed by atoms with van der Waals surface area (Å²) in [5, 5.41) is 5.20. The monoisotopic (exact) mass is 382 g/mol. The Morgan fingerprint density at radius 3 is 2.27 bits per heavy atom. The van der Waals surface area contributed by atoms with Gasteiger partial charge >= 0.3 is 6.18 Å². The minimum atomic E-state index is -4.71. The normalized spacial score (nSPS) is 12.3. The van der Waals surface area contributed by atoms with Gasteiger partial charge in [-0.3, -0.25) is 4.57 Å². The van der Waals surface area contributed by atoms with E-state index in [4.69, 9.17) is 5.14 Å². The number of imidazole rings is 1. The van der Waals surface area contributed by atoms with Crippen molar-refractivity contribution in [2.45, 2.75) is 18.0 Å². The molecule has 0 saturated heterocycles. The lowest BCUT2D eigenvalue weighted by Crippen LogP contribution is -2.15. The molecule has 6 nitrogen and oxygen atoms in total. The summed E-state index contributed by atoms with van der Waals surface area (Å²) in [7, 11) is -4.22. The van der Waals surface area contributed by atoms with Crippen LogP contribution in [-0.4, -0.2) is 23.0 Å². The average molecular weight is 382 g/mol. The zero-order chi connectivity index (χ0) is 19.1. The molecule has 0 aliphatic carbocycles. The lowest BCUT2D eigenvalue weighted by molar-refractivity contribution is -0.140. The number of primary sulfonamides is 1. The van der Waals surface area contributed by atoms with E-state index in [9.17, 15) is 21.6 Å². The molecule has 0 spiro atoms. The lowest BCUT2D eigenvalue weighted by Gasteiger charge is -2.10. The molecule has 0 saturated carbocycles. The first kappa shape index (κ1) is 18.1. The van der Waals surface area contributed by atoms with Gasteiger partial charge in [0.15, 0.2) is 11.5 Å². The molecule has 1 aromatic carbocycles. The van der Waals surface area contributed by atoms with Gasteiger partial charge < -0.3 is 0 Å². The molecule has 136 valence electrons. The quantitative estimate of drug-likeness (QED) is 0.754. The van der Waals surface area contributed by atoms with Crippen molar-refractivity contribution in [3.8, 4) is 17.2 Å². The van der Waals surface area contributed by atoms with Gasteiger partial charge in [-0.2, -0.15) is 13.2 Å². The Bertz CT molecular complexity index is 1060. The molecular weight excluding hydrogens is 369 g/mol. The van der Waals surface area contributed by atoms with Gasteiger partial charge in [-0.05, 0) is 31.2 Å². The molecular formula is C16H13F3N4O2S. The highest BCUT2D eigenvalue weighted by atomic mass is 32.2. The fourth-order valence-corrected chi connectivity index (χ4v) is 3.07. The fraction of sp³-hybridized carbons (Fsp3) is 0.125. The predicted octanol–water partition coefficient (Wildman–Crippen LogP) is 2.91.